The Hall–Kier alpha value is 0.137. The molecule has 1 aliphatic rings. The molecule has 1 aliphatic heterocycles. The van der Waals surface area contributed by atoms with Gasteiger partial charge in [-0.2, -0.15) is 0 Å². The van der Waals surface area contributed by atoms with Gasteiger partial charge >= 0.3 is 0 Å². The quantitative estimate of drug-likeness (QED) is 0.369. The summed E-state index contributed by atoms with van der Waals surface area (Å²) in [6.07, 6.45) is 0. The summed E-state index contributed by atoms with van der Waals surface area (Å²) in [6.45, 7) is 2.42. The lowest BCUT2D eigenvalue weighted by molar-refractivity contribution is -0.0535. The minimum Gasteiger partial charge on any atom is -0.378 e. The highest BCUT2D eigenvalue weighted by molar-refractivity contribution is 6.11. The van der Waals surface area contributed by atoms with Gasteiger partial charge in [0.1, 0.15) is 0 Å². The number of rotatable bonds is 0. The van der Waals surface area contributed by atoms with Gasteiger partial charge in [-0.1, -0.05) is 0 Å². The van der Waals surface area contributed by atoms with Gasteiger partial charge in [0.05, 0.1) is 25.5 Å². The minimum absolute atomic E-state index is 0.453. The Morgan fingerprint density at radius 3 is 2.57 bits per heavy atom. The van der Waals surface area contributed by atoms with Gasteiger partial charge in [-0.25, -0.2) is 0 Å². The van der Waals surface area contributed by atoms with Crippen LogP contribution in [0.15, 0.2) is 0 Å². The lowest BCUT2D eigenvalue weighted by atomic mass is 10.6. The number of hydrogen-bond donors (Lipinski definition) is 0. The molecule has 0 spiro atoms. The van der Waals surface area contributed by atoms with Crippen molar-refractivity contribution in [2.24, 2.45) is 0 Å². The zero-order valence-electron chi connectivity index (χ0n) is 4.52. The fourth-order valence-corrected chi connectivity index (χ4v) is 1.08. The van der Waals surface area contributed by atoms with E-state index in [4.69, 9.17) is 9.47 Å². The molecule has 1 saturated heterocycles. The molecule has 0 saturated carbocycles. The fourth-order valence-electron chi connectivity index (χ4n) is 0.606. The van der Waals surface area contributed by atoms with Crippen LogP contribution < -0.4 is 0 Å². The van der Waals surface area contributed by atoms with Crippen LogP contribution in [0.1, 0.15) is 0 Å². The Kier molecular flexibility index (Phi) is 1.84. The van der Waals surface area contributed by atoms with E-state index in [1.807, 2.05) is 0 Å². The molecule has 0 aromatic carbocycles. The third kappa shape index (κ3) is 1.59. The third-order valence-corrected chi connectivity index (χ3v) is 1.65. The van der Waals surface area contributed by atoms with Gasteiger partial charge in [-0.05, 0) is 0 Å². The Balaban J connectivity index is 2.12. The van der Waals surface area contributed by atoms with Crippen LogP contribution in [0.4, 0.5) is 0 Å². The van der Waals surface area contributed by atoms with Crippen LogP contribution in [-0.4, -0.2) is 35.8 Å². The lowest BCUT2D eigenvalue weighted by Crippen LogP contribution is -2.28. The molecule has 0 amide bonds. The summed E-state index contributed by atoms with van der Waals surface area (Å²) >= 11 is 0. The zero-order valence-corrected chi connectivity index (χ0v) is 6.52. The van der Waals surface area contributed by atoms with Crippen molar-refractivity contribution in [3.05, 3.63) is 0 Å². The van der Waals surface area contributed by atoms with Gasteiger partial charge in [0, 0.05) is 10.2 Å². The molecule has 1 atom stereocenters. The molecular formula is C4H10O2Si. The van der Waals surface area contributed by atoms with E-state index in [2.05, 4.69) is 0 Å². The van der Waals surface area contributed by atoms with E-state index in [9.17, 15) is 0 Å². The predicted octanol–water partition coefficient (Wildman–Crippen LogP) is -1.28. The van der Waals surface area contributed by atoms with Crippen LogP contribution in [0.2, 0.25) is 0 Å². The first kappa shape index (κ1) is 5.28. The summed E-state index contributed by atoms with van der Waals surface area (Å²) in [4.78, 5) is 0. The normalized spacial score (nSPS) is 33.4. The van der Waals surface area contributed by atoms with Crippen molar-refractivity contribution in [1.82, 2.24) is 0 Å². The molecule has 1 rings (SSSR count). The first-order valence-corrected chi connectivity index (χ1v) is 3.74. The maximum atomic E-state index is 5.21. The van der Waals surface area contributed by atoms with Crippen molar-refractivity contribution in [3.63, 3.8) is 0 Å². The van der Waals surface area contributed by atoms with Crippen LogP contribution in [0.3, 0.4) is 0 Å². The zero-order chi connectivity index (χ0) is 5.11. The molecule has 0 radical (unpaired) electrons. The van der Waals surface area contributed by atoms with E-state index >= 15 is 0 Å². The standard InChI is InChI=1S/C4H10O2Si/c7-4-3-5-1-2-6-4/h4H,1-3H2,7H3. The topological polar surface area (TPSA) is 18.5 Å². The van der Waals surface area contributed by atoms with E-state index in [1.165, 1.54) is 0 Å². The summed E-state index contributed by atoms with van der Waals surface area (Å²) in [5.41, 5.74) is 0.453. The van der Waals surface area contributed by atoms with Crippen LogP contribution in [0.25, 0.3) is 0 Å². The van der Waals surface area contributed by atoms with Crippen LogP contribution in [0, 0.1) is 0 Å². The molecule has 0 aromatic rings. The van der Waals surface area contributed by atoms with E-state index in [0.717, 1.165) is 30.1 Å². The maximum Gasteiger partial charge on any atom is 0.0701 e. The van der Waals surface area contributed by atoms with Crippen LogP contribution in [-0.2, 0) is 9.47 Å². The van der Waals surface area contributed by atoms with E-state index in [-0.39, 0.29) is 0 Å². The lowest BCUT2D eigenvalue weighted by Gasteiger charge is -2.18. The SMILES string of the molecule is [SiH3]C1COCCO1. The summed E-state index contributed by atoms with van der Waals surface area (Å²) in [7, 11) is 1.10. The predicted molar refractivity (Wildman–Crippen MR) is 30.5 cm³/mol. The molecule has 3 heteroatoms. The highest BCUT2D eigenvalue weighted by Gasteiger charge is 2.05. The van der Waals surface area contributed by atoms with Gasteiger partial charge in [-0.3, -0.25) is 0 Å². The van der Waals surface area contributed by atoms with Crippen molar-refractivity contribution >= 4 is 10.2 Å². The van der Waals surface area contributed by atoms with E-state index in [1.54, 1.807) is 0 Å². The summed E-state index contributed by atoms with van der Waals surface area (Å²) in [6, 6.07) is 0. The van der Waals surface area contributed by atoms with Crippen molar-refractivity contribution < 1.29 is 9.47 Å². The molecule has 2 nitrogen and oxygen atoms in total. The Labute approximate surface area is 46.2 Å². The second-order valence-electron chi connectivity index (χ2n) is 1.76. The first-order chi connectivity index (χ1) is 3.39. The minimum atomic E-state index is 0.453. The molecule has 0 bridgehead atoms. The summed E-state index contributed by atoms with van der Waals surface area (Å²) in [5, 5.41) is 0. The molecule has 0 aromatic heterocycles. The van der Waals surface area contributed by atoms with Gasteiger partial charge in [-0.15, -0.1) is 0 Å². The van der Waals surface area contributed by atoms with Crippen LogP contribution in [0.5, 0.6) is 0 Å². The molecule has 1 unspecified atom stereocenters. The molecule has 1 heterocycles. The monoisotopic (exact) mass is 118 g/mol. The summed E-state index contributed by atoms with van der Waals surface area (Å²) < 4.78 is 10.3. The molecule has 42 valence electrons. The second kappa shape index (κ2) is 2.45. The van der Waals surface area contributed by atoms with Crippen LogP contribution >= 0.6 is 0 Å². The van der Waals surface area contributed by atoms with Gasteiger partial charge in [0.15, 0.2) is 0 Å². The third-order valence-electron chi connectivity index (χ3n) is 0.983. The fraction of sp³-hybridized carbons (Fsp3) is 1.00. The number of hydrogen-bond acceptors (Lipinski definition) is 2. The Bertz CT molecular complexity index is 51.7. The summed E-state index contributed by atoms with van der Waals surface area (Å²) in [5.74, 6) is 0. The molecular weight excluding hydrogens is 108 g/mol. The highest BCUT2D eigenvalue weighted by Crippen LogP contribution is 1.93. The van der Waals surface area contributed by atoms with Gasteiger partial charge in [0.25, 0.3) is 0 Å². The smallest absolute Gasteiger partial charge is 0.0701 e. The average Bonchev–Trinajstić information content (AvgIpc) is 1.69. The maximum absolute atomic E-state index is 5.21. The first-order valence-electron chi connectivity index (χ1n) is 2.59. The Morgan fingerprint density at radius 2 is 2.29 bits per heavy atom. The van der Waals surface area contributed by atoms with E-state index in [0.29, 0.717) is 5.73 Å². The molecule has 0 N–H and O–H groups in total. The highest BCUT2D eigenvalue weighted by atomic mass is 28.1. The largest absolute Gasteiger partial charge is 0.378 e. The van der Waals surface area contributed by atoms with Crippen molar-refractivity contribution in [3.8, 4) is 0 Å². The average molecular weight is 118 g/mol. The van der Waals surface area contributed by atoms with Crippen molar-refractivity contribution in [1.29, 1.82) is 0 Å². The van der Waals surface area contributed by atoms with Gasteiger partial charge in [0.2, 0.25) is 0 Å². The van der Waals surface area contributed by atoms with E-state index < -0.39 is 0 Å². The van der Waals surface area contributed by atoms with Crippen molar-refractivity contribution in [2.45, 2.75) is 5.73 Å². The molecule has 1 fully saturated rings. The van der Waals surface area contributed by atoms with Crippen molar-refractivity contribution in [2.75, 3.05) is 19.8 Å². The Morgan fingerprint density at radius 1 is 1.43 bits per heavy atom. The molecule has 7 heavy (non-hydrogen) atoms. The number of ether oxygens (including phenoxy) is 2. The molecule has 0 aliphatic carbocycles. The second-order valence-corrected chi connectivity index (χ2v) is 3.04. The van der Waals surface area contributed by atoms with Gasteiger partial charge < -0.3 is 9.47 Å².